The summed E-state index contributed by atoms with van der Waals surface area (Å²) in [4.78, 5) is 5.31. The van der Waals surface area contributed by atoms with E-state index >= 15 is 0 Å². The topological polar surface area (TPSA) is 26.5 Å². The van der Waals surface area contributed by atoms with Crippen molar-refractivity contribution in [2.24, 2.45) is 0 Å². The monoisotopic (exact) mass is 326 g/mol. The molecule has 3 aromatic rings. The summed E-state index contributed by atoms with van der Waals surface area (Å²) in [6, 6.07) is 4.35. The molecule has 3 nitrogen and oxygen atoms in total. The van der Waals surface area contributed by atoms with E-state index in [2.05, 4.69) is 20.9 Å². The number of thiazole rings is 1. The third kappa shape index (κ3) is 2.26. The SMILES string of the molecule is Fc1ccc(Br)c(OCc2cn3ccsc3n2)c1. The lowest BCUT2D eigenvalue weighted by atomic mass is 10.3. The second kappa shape index (κ2) is 4.70. The van der Waals surface area contributed by atoms with Gasteiger partial charge in [0.25, 0.3) is 0 Å². The van der Waals surface area contributed by atoms with Gasteiger partial charge in [0.2, 0.25) is 0 Å². The number of rotatable bonds is 3. The van der Waals surface area contributed by atoms with Gasteiger partial charge in [-0.2, -0.15) is 0 Å². The maximum absolute atomic E-state index is 13.1. The van der Waals surface area contributed by atoms with Crippen molar-refractivity contribution in [3.8, 4) is 5.75 Å². The highest BCUT2D eigenvalue weighted by Crippen LogP contribution is 2.26. The van der Waals surface area contributed by atoms with Gasteiger partial charge < -0.3 is 4.74 Å². The van der Waals surface area contributed by atoms with Crippen LogP contribution in [0.25, 0.3) is 4.96 Å². The highest BCUT2D eigenvalue weighted by molar-refractivity contribution is 9.10. The van der Waals surface area contributed by atoms with Gasteiger partial charge >= 0.3 is 0 Å². The van der Waals surface area contributed by atoms with E-state index < -0.39 is 0 Å². The Kier molecular flexibility index (Phi) is 3.05. The Morgan fingerprint density at radius 1 is 1.44 bits per heavy atom. The Morgan fingerprint density at radius 3 is 3.17 bits per heavy atom. The van der Waals surface area contributed by atoms with E-state index in [9.17, 15) is 4.39 Å². The van der Waals surface area contributed by atoms with Crippen LogP contribution in [0, 0.1) is 5.82 Å². The fraction of sp³-hybridized carbons (Fsp3) is 0.0833. The molecule has 0 saturated heterocycles. The summed E-state index contributed by atoms with van der Waals surface area (Å²) in [5.41, 5.74) is 0.818. The fourth-order valence-electron chi connectivity index (χ4n) is 1.59. The van der Waals surface area contributed by atoms with Crippen molar-refractivity contribution >= 4 is 32.2 Å². The van der Waals surface area contributed by atoms with E-state index in [1.807, 2.05) is 22.2 Å². The maximum atomic E-state index is 13.1. The van der Waals surface area contributed by atoms with Crippen LogP contribution >= 0.6 is 27.3 Å². The molecule has 2 heterocycles. The summed E-state index contributed by atoms with van der Waals surface area (Å²) >= 11 is 4.88. The molecule has 0 saturated carbocycles. The van der Waals surface area contributed by atoms with Gasteiger partial charge in [-0.15, -0.1) is 11.3 Å². The lowest BCUT2D eigenvalue weighted by molar-refractivity contribution is 0.298. The standard InChI is InChI=1S/C12H8BrFN2OS/c13-10-2-1-8(14)5-11(10)17-7-9-6-16-3-4-18-12(16)15-9/h1-6H,7H2. The Balaban J connectivity index is 1.77. The van der Waals surface area contributed by atoms with Crippen LogP contribution in [0.15, 0.2) is 40.4 Å². The van der Waals surface area contributed by atoms with Crippen LogP contribution in [0.4, 0.5) is 4.39 Å². The molecule has 1 aromatic carbocycles. The normalized spacial score (nSPS) is 11.0. The first-order chi connectivity index (χ1) is 8.72. The van der Waals surface area contributed by atoms with Crippen molar-refractivity contribution in [1.82, 2.24) is 9.38 Å². The number of hydrogen-bond donors (Lipinski definition) is 0. The predicted molar refractivity (Wildman–Crippen MR) is 71.5 cm³/mol. The molecule has 0 fully saturated rings. The van der Waals surface area contributed by atoms with E-state index in [1.165, 1.54) is 12.1 Å². The minimum Gasteiger partial charge on any atom is -0.486 e. The Bertz CT molecular complexity index is 666. The summed E-state index contributed by atoms with van der Waals surface area (Å²) in [6.07, 6.45) is 3.84. The summed E-state index contributed by atoms with van der Waals surface area (Å²) in [7, 11) is 0. The number of hydrogen-bond acceptors (Lipinski definition) is 3. The molecule has 2 aromatic heterocycles. The Labute approximate surface area is 115 Å². The summed E-state index contributed by atoms with van der Waals surface area (Å²) in [6.45, 7) is 0.316. The molecule has 0 unspecified atom stereocenters. The lowest BCUT2D eigenvalue weighted by Crippen LogP contribution is -1.96. The number of aromatic nitrogens is 2. The molecule has 0 atom stereocenters. The summed E-state index contributed by atoms with van der Waals surface area (Å²) < 4.78 is 21.3. The minimum atomic E-state index is -0.320. The van der Waals surface area contributed by atoms with Gasteiger partial charge in [0, 0.05) is 23.8 Å². The van der Waals surface area contributed by atoms with E-state index in [0.29, 0.717) is 12.4 Å². The number of imidazole rings is 1. The van der Waals surface area contributed by atoms with E-state index in [1.54, 1.807) is 17.4 Å². The average Bonchev–Trinajstić information content (AvgIpc) is 2.90. The first kappa shape index (κ1) is 11.7. The van der Waals surface area contributed by atoms with Gasteiger partial charge in [-0.05, 0) is 28.1 Å². The van der Waals surface area contributed by atoms with Gasteiger partial charge in [0.1, 0.15) is 18.2 Å². The Hall–Kier alpha value is -1.40. The van der Waals surface area contributed by atoms with Crippen molar-refractivity contribution in [3.05, 3.63) is 52.0 Å². The molecule has 0 amide bonds. The zero-order valence-corrected chi connectivity index (χ0v) is 11.5. The van der Waals surface area contributed by atoms with Crippen LogP contribution in [0.5, 0.6) is 5.75 Å². The number of ether oxygens (including phenoxy) is 1. The van der Waals surface area contributed by atoms with Gasteiger partial charge in [0.15, 0.2) is 4.96 Å². The molecule has 0 aliphatic rings. The minimum absolute atomic E-state index is 0.316. The number of benzene rings is 1. The zero-order chi connectivity index (χ0) is 12.5. The molecule has 0 aliphatic heterocycles. The van der Waals surface area contributed by atoms with Gasteiger partial charge in [-0.3, -0.25) is 4.40 Å². The van der Waals surface area contributed by atoms with E-state index in [0.717, 1.165) is 15.1 Å². The third-order valence-corrected chi connectivity index (χ3v) is 3.84. The van der Waals surface area contributed by atoms with Crippen LogP contribution in [-0.2, 0) is 6.61 Å². The van der Waals surface area contributed by atoms with Crippen LogP contribution in [0.3, 0.4) is 0 Å². The largest absolute Gasteiger partial charge is 0.486 e. The molecule has 0 spiro atoms. The van der Waals surface area contributed by atoms with Crippen LogP contribution < -0.4 is 4.74 Å². The molecule has 18 heavy (non-hydrogen) atoms. The van der Waals surface area contributed by atoms with Crippen molar-refractivity contribution < 1.29 is 9.13 Å². The summed E-state index contributed by atoms with van der Waals surface area (Å²) in [5, 5.41) is 1.97. The van der Waals surface area contributed by atoms with E-state index in [4.69, 9.17) is 4.74 Å². The highest BCUT2D eigenvalue weighted by Gasteiger charge is 2.06. The van der Waals surface area contributed by atoms with Gasteiger partial charge in [-0.1, -0.05) is 0 Å². The molecular weight excluding hydrogens is 319 g/mol. The molecule has 6 heteroatoms. The third-order valence-electron chi connectivity index (χ3n) is 2.41. The quantitative estimate of drug-likeness (QED) is 0.730. The lowest BCUT2D eigenvalue weighted by Gasteiger charge is -2.06. The molecular formula is C12H8BrFN2OS. The van der Waals surface area contributed by atoms with Crippen molar-refractivity contribution in [3.63, 3.8) is 0 Å². The average molecular weight is 327 g/mol. The van der Waals surface area contributed by atoms with Gasteiger partial charge in [-0.25, -0.2) is 9.37 Å². The fourth-order valence-corrected chi connectivity index (χ4v) is 2.67. The van der Waals surface area contributed by atoms with E-state index in [-0.39, 0.29) is 5.82 Å². The first-order valence-electron chi connectivity index (χ1n) is 5.21. The first-order valence-corrected chi connectivity index (χ1v) is 6.88. The van der Waals surface area contributed by atoms with Crippen LogP contribution in [0.1, 0.15) is 5.69 Å². The second-order valence-electron chi connectivity index (χ2n) is 3.69. The second-order valence-corrected chi connectivity index (χ2v) is 5.42. The molecule has 3 rings (SSSR count). The number of halogens is 2. The van der Waals surface area contributed by atoms with Crippen LogP contribution in [-0.4, -0.2) is 9.38 Å². The summed E-state index contributed by atoms with van der Waals surface area (Å²) in [5.74, 6) is 0.158. The zero-order valence-electron chi connectivity index (χ0n) is 9.14. The molecule has 0 bridgehead atoms. The van der Waals surface area contributed by atoms with Crippen LogP contribution in [0.2, 0.25) is 0 Å². The highest BCUT2D eigenvalue weighted by atomic mass is 79.9. The molecule has 0 radical (unpaired) electrons. The maximum Gasteiger partial charge on any atom is 0.193 e. The number of fused-ring (bicyclic) bond motifs is 1. The molecule has 0 N–H and O–H groups in total. The predicted octanol–water partition coefficient (Wildman–Crippen LogP) is 3.88. The molecule has 0 aliphatic carbocycles. The molecule has 92 valence electrons. The van der Waals surface area contributed by atoms with Crippen molar-refractivity contribution in [2.75, 3.05) is 0 Å². The van der Waals surface area contributed by atoms with Crippen molar-refractivity contribution in [1.29, 1.82) is 0 Å². The van der Waals surface area contributed by atoms with Crippen molar-refractivity contribution in [2.45, 2.75) is 6.61 Å². The smallest absolute Gasteiger partial charge is 0.193 e. The Morgan fingerprint density at radius 2 is 2.33 bits per heavy atom. The number of nitrogens with zero attached hydrogens (tertiary/aromatic N) is 2. The van der Waals surface area contributed by atoms with Gasteiger partial charge in [0.05, 0.1) is 10.2 Å².